The molecule has 120 valence electrons. The van der Waals surface area contributed by atoms with Crippen LogP contribution in [0.5, 0.6) is 0 Å². The van der Waals surface area contributed by atoms with Gasteiger partial charge in [0.25, 0.3) is 0 Å². The van der Waals surface area contributed by atoms with E-state index in [0.717, 1.165) is 16.5 Å². The third-order valence-corrected chi connectivity index (χ3v) is 4.22. The van der Waals surface area contributed by atoms with Crippen LogP contribution in [0, 0.1) is 6.92 Å². The number of hydrogen-bond donors (Lipinski definition) is 0. The minimum Gasteiger partial charge on any atom is -0.454 e. The Morgan fingerprint density at radius 1 is 1.04 bits per heavy atom. The molecule has 0 aliphatic carbocycles. The quantitative estimate of drug-likeness (QED) is 0.538. The average Bonchev–Trinajstić information content (AvgIpc) is 2.95. The van der Waals surface area contributed by atoms with E-state index in [1.54, 1.807) is 6.07 Å². The number of para-hydroxylation sites is 1. The lowest BCUT2D eigenvalue weighted by Crippen LogP contribution is -2.03. The summed E-state index contributed by atoms with van der Waals surface area (Å²) in [7, 11) is 0. The van der Waals surface area contributed by atoms with Crippen LogP contribution in [0.4, 0.5) is 0 Å². The number of rotatable bonds is 2. The molecular weight excluding hydrogens is 300 g/mol. The van der Waals surface area contributed by atoms with Crippen molar-refractivity contribution in [2.45, 2.75) is 26.8 Å². The third-order valence-electron chi connectivity index (χ3n) is 4.22. The van der Waals surface area contributed by atoms with Crippen LogP contribution in [-0.2, 0) is 0 Å². The Kier molecular flexibility index (Phi) is 3.27. The molecule has 4 aromatic rings. The summed E-state index contributed by atoms with van der Waals surface area (Å²) in [6.07, 6.45) is 0. The summed E-state index contributed by atoms with van der Waals surface area (Å²) in [4.78, 5) is 12.5. The van der Waals surface area contributed by atoms with E-state index in [2.05, 4.69) is 13.8 Å². The second-order valence-corrected chi connectivity index (χ2v) is 6.38. The van der Waals surface area contributed by atoms with Crippen molar-refractivity contribution < 1.29 is 4.42 Å². The molecule has 0 spiro atoms. The lowest BCUT2D eigenvalue weighted by atomic mass is 10.1. The van der Waals surface area contributed by atoms with Crippen molar-refractivity contribution >= 4 is 21.9 Å². The van der Waals surface area contributed by atoms with Gasteiger partial charge in [-0.15, -0.1) is 0 Å². The van der Waals surface area contributed by atoms with Crippen LogP contribution in [0.25, 0.3) is 33.3 Å². The van der Waals surface area contributed by atoms with Gasteiger partial charge in [-0.25, -0.2) is 0 Å². The van der Waals surface area contributed by atoms with Crippen molar-refractivity contribution in [3.8, 4) is 11.5 Å². The predicted octanol–water partition coefficient (Wildman–Crippen LogP) is 4.70. The fraction of sp³-hybridized carbons (Fsp3) is 0.200. The maximum atomic E-state index is 12.5. The highest BCUT2D eigenvalue weighted by molar-refractivity contribution is 5.93. The Hall–Kier alpha value is -2.88. The van der Waals surface area contributed by atoms with Gasteiger partial charge in [0.15, 0.2) is 11.2 Å². The van der Waals surface area contributed by atoms with E-state index >= 15 is 0 Å². The molecule has 0 aliphatic heterocycles. The molecule has 4 nitrogen and oxygen atoms in total. The van der Waals surface area contributed by atoms with E-state index in [-0.39, 0.29) is 11.5 Å². The number of aryl methyl sites for hydroxylation is 1. The predicted molar refractivity (Wildman–Crippen MR) is 96.3 cm³/mol. The van der Waals surface area contributed by atoms with Crippen molar-refractivity contribution in [3.63, 3.8) is 0 Å². The Bertz CT molecular complexity index is 1120. The molecule has 0 aliphatic rings. The summed E-state index contributed by atoms with van der Waals surface area (Å²) in [5.41, 5.74) is 3.33. The Labute approximate surface area is 139 Å². The van der Waals surface area contributed by atoms with E-state index in [0.29, 0.717) is 22.4 Å². The van der Waals surface area contributed by atoms with Gasteiger partial charge >= 0.3 is 0 Å². The fourth-order valence-electron chi connectivity index (χ4n) is 3.05. The number of hydrogen-bond acceptors (Lipinski definition) is 3. The monoisotopic (exact) mass is 318 g/mol. The number of benzene rings is 2. The summed E-state index contributed by atoms with van der Waals surface area (Å²) < 4.78 is 7.97. The van der Waals surface area contributed by atoms with Gasteiger partial charge in [0, 0.05) is 17.5 Å². The van der Waals surface area contributed by atoms with E-state index in [9.17, 15) is 4.79 Å². The van der Waals surface area contributed by atoms with Crippen LogP contribution in [0.15, 0.2) is 57.7 Å². The normalized spacial score (nSPS) is 11.7. The summed E-state index contributed by atoms with van der Waals surface area (Å²) in [5.74, 6) is 0.506. The largest absolute Gasteiger partial charge is 0.454 e. The Morgan fingerprint density at radius 2 is 1.83 bits per heavy atom. The molecule has 2 heterocycles. The molecule has 24 heavy (non-hydrogen) atoms. The molecule has 0 fully saturated rings. The van der Waals surface area contributed by atoms with E-state index in [4.69, 9.17) is 9.52 Å². The summed E-state index contributed by atoms with van der Waals surface area (Å²) in [6, 6.07) is 15.4. The van der Waals surface area contributed by atoms with Gasteiger partial charge in [-0.05, 0) is 39.0 Å². The highest BCUT2D eigenvalue weighted by atomic mass is 16.3. The number of aromatic nitrogens is 2. The molecule has 0 saturated heterocycles. The summed E-state index contributed by atoms with van der Waals surface area (Å²) >= 11 is 0. The highest BCUT2D eigenvalue weighted by Crippen LogP contribution is 2.30. The molecule has 2 aromatic carbocycles. The summed E-state index contributed by atoms with van der Waals surface area (Å²) in [6.45, 7) is 6.13. The molecule has 4 rings (SSSR count). The SMILES string of the molecule is Cc1ccc2oc(-c3nn(C(C)C)c4ccccc34)cc(=O)c2c1. The number of nitrogens with zero attached hydrogens (tertiary/aromatic N) is 2. The van der Waals surface area contributed by atoms with Gasteiger partial charge < -0.3 is 4.42 Å². The first kappa shape index (κ1) is 14.7. The van der Waals surface area contributed by atoms with E-state index < -0.39 is 0 Å². The van der Waals surface area contributed by atoms with Crippen molar-refractivity contribution in [3.05, 3.63) is 64.3 Å². The smallest absolute Gasteiger partial charge is 0.193 e. The first-order valence-electron chi connectivity index (χ1n) is 8.07. The maximum Gasteiger partial charge on any atom is 0.193 e. The summed E-state index contributed by atoms with van der Waals surface area (Å²) in [5, 5.41) is 6.30. The van der Waals surface area contributed by atoms with E-state index in [1.807, 2.05) is 54.1 Å². The van der Waals surface area contributed by atoms with Crippen molar-refractivity contribution in [1.82, 2.24) is 9.78 Å². The second kappa shape index (κ2) is 5.34. The van der Waals surface area contributed by atoms with Crippen LogP contribution < -0.4 is 5.43 Å². The topological polar surface area (TPSA) is 48.0 Å². The molecular formula is C20H18N2O2. The zero-order valence-electron chi connectivity index (χ0n) is 13.9. The molecule has 4 heteroatoms. The van der Waals surface area contributed by atoms with Gasteiger partial charge in [-0.1, -0.05) is 29.8 Å². The van der Waals surface area contributed by atoms with Gasteiger partial charge in [-0.3, -0.25) is 9.48 Å². The molecule has 2 aromatic heterocycles. The van der Waals surface area contributed by atoms with Gasteiger partial charge in [-0.2, -0.15) is 5.10 Å². The third kappa shape index (κ3) is 2.22. The first-order chi connectivity index (χ1) is 11.5. The van der Waals surface area contributed by atoms with Crippen molar-refractivity contribution in [1.29, 1.82) is 0 Å². The lowest BCUT2D eigenvalue weighted by Gasteiger charge is -2.06. The van der Waals surface area contributed by atoms with Gasteiger partial charge in [0.05, 0.1) is 10.9 Å². The second-order valence-electron chi connectivity index (χ2n) is 6.38. The average molecular weight is 318 g/mol. The van der Waals surface area contributed by atoms with Crippen LogP contribution in [0.1, 0.15) is 25.5 Å². The fourth-order valence-corrected chi connectivity index (χ4v) is 3.05. The molecule has 0 saturated carbocycles. The first-order valence-corrected chi connectivity index (χ1v) is 8.07. The highest BCUT2D eigenvalue weighted by Gasteiger charge is 2.17. The zero-order chi connectivity index (χ0) is 16.8. The van der Waals surface area contributed by atoms with Crippen LogP contribution >= 0.6 is 0 Å². The van der Waals surface area contributed by atoms with Crippen LogP contribution in [0.3, 0.4) is 0 Å². The maximum absolute atomic E-state index is 12.5. The minimum absolute atomic E-state index is 0.0434. The molecule has 0 unspecified atom stereocenters. The Morgan fingerprint density at radius 3 is 2.62 bits per heavy atom. The molecule has 0 radical (unpaired) electrons. The van der Waals surface area contributed by atoms with Gasteiger partial charge in [0.2, 0.25) is 0 Å². The number of fused-ring (bicyclic) bond motifs is 2. The van der Waals surface area contributed by atoms with Crippen LogP contribution in [-0.4, -0.2) is 9.78 Å². The minimum atomic E-state index is -0.0434. The molecule has 0 bridgehead atoms. The standard InChI is InChI=1S/C20H18N2O2/c1-12(2)22-16-7-5-4-6-14(16)20(21-22)19-11-17(23)15-10-13(3)8-9-18(15)24-19/h4-12H,1-3H3. The van der Waals surface area contributed by atoms with Crippen molar-refractivity contribution in [2.75, 3.05) is 0 Å². The zero-order valence-corrected chi connectivity index (χ0v) is 13.9. The molecule has 0 N–H and O–H groups in total. The Balaban J connectivity index is 2.03. The lowest BCUT2D eigenvalue weighted by molar-refractivity contribution is 0.547. The van der Waals surface area contributed by atoms with Gasteiger partial charge in [0.1, 0.15) is 11.3 Å². The molecule has 0 atom stereocenters. The van der Waals surface area contributed by atoms with Crippen LogP contribution in [0.2, 0.25) is 0 Å². The molecule has 0 amide bonds. The van der Waals surface area contributed by atoms with Crippen molar-refractivity contribution in [2.24, 2.45) is 0 Å². The van der Waals surface area contributed by atoms with E-state index in [1.165, 1.54) is 0 Å².